The first kappa shape index (κ1) is 17.1. The summed E-state index contributed by atoms with van der Waals surface area (Å²) in [6.45, 7) is 6.29. The number of nitrogens with zero attached hydrogens (tertiary/aromatic N) is 4. The molecule has 0 saturated heterocycles. The fourth-order valence-electron chi connectivity index (χ4n) is 2.62. The van der Waals surface area contributed by atoms with E-state index in [1.165, 1.54) is 0 Å². The number of amides is 1. The van der Waals surface area contributed by atoms with Crippen molar-refractivity contribution in [2.45, 2.75) is 45.6 Å². The van der Waals surface area contributed by atoms with Gasteiger partial charge in [0.15, 0.2) is 5.69 Å². The van der Waals surface area contributed by atoms with Gasteiger partial charge in [0.25, 0.3) is 5.91 Å². The van der Waals surface area contributed by atoms with Gasteiger partial charge in [-0.25, -0.2) is 4.68 Å². The predicted octanol–water partition coefficient (Wildman–Crippen LogP) is 1.41. The Morgan fingerprint density at radius 1 is 1.36 bits per heavy atom. The van der Waals surface area contributed by atoms with Gasteiger partial charge in [-0.3, -0.25) is 4.79 Å². The summed E-state index contributed by atoms with van der Waals surface area (Å²) in [6, 6.07) is 7.28. The summed E-state index contributed by atoms with van der Waals surface area (Å²) < 4.78 is 1.66. The third-order valence-corrected chi connectivity index (χ3v) is 4.04. The standard InChI is InChI=1S/C18H23N5O2/c1-4-19-17(24)12-5-9-14(10-6-12)23-16(11(2)3)15(21-22-23)18(25)20-13-7-8-13/h5-6,9-11,13H,4,7-8H2,1-3H3,(H,19,24)(H,20,25)/p-1. The topological polar surface area (TPSA) is 95.2 Å². The molecule has 3 rings (SSSR count). The van der Waals surface area contributed by atoms with Crippen molar-refractivity contribution in [2.75, 3.05) is 6.54 Å². The molecule has 1 fully saturated rings. The van der Waals surface area contributed by atoms with Gasteiger partial charge in [0.1, 0.15) is 0 Å². The highest BCUT2D eigenvalue weighted by Crippen LogP contribution is 2.24. The number of aliphatic imine (C=N–C) groups is 1. The number of hydrogen-bond acceptors (Lipinski definition) is 5. The quantitative estimate of drug-likeness (QED) is 0.635. The van der Waals surface area contributed by atoms with Crippen LogP contribution in [0.5, 0.6) is 0 Å². The first-order chi connectivity index (χ1) is 12.0. The van der Waals surface area contributed by atoms with E-state index in [1.807, 2.05) is 20.8 Å². The molecule has 1 aliphatic carbocycles. The number of carbonyl (C=O) groups is 1. The van der Waals surface area contributed by atoms with Gasteiger partial charge in [0.2, 0.25) is 0 Å². The van der Waals surface area contributed by atoms with E-state index in [0.717, 1.165) is 24.2 Å². The number of carbonyl (C=O) groups excluding carboxylic acids is 1. The van der Waals surface area contributed by atoms with Crippen molar-refractivity contribution in [3.63, 3.8) is 0 Å². The Bertz CT molecular complexity index is 788. The van der Waals surface area contributed by atoms with Crippen molar-refractivity contribution in [3.05, 3.63) is 41.2 Å². The molecule has 1 aromatic heterocycles. The van der Waals surface area contributed by atoms with E-state index in [-0.39, 0.29) is 23.8 Å². The molecule has 0 unspecified atom stereocenters. The summed E-state index contributed by atoms with van der Waals surface area (Å²) in [5.74, 6) is -0.335. The highest BCUT2D eigenvalue weighted by Gasteiger charge is 2.28. The lowest BCUT2D eigenvalue weighted by atomic mass is 10.1. The predicted molar refractivity (Wildman–Crippen MR) is 93.0 cm³/mol. The Morgan fingerprint density at radius 2 is 2.04 bits per heavy atom. The van der Waals surface area contributed by atoms with E-state index in [4.69, 9.17) is 0 Å². The van der Waals surface area contributed by atoms with Crippen LogP contribution < -0.4 is 10.4 Å². The first-order valence-corrected chi connectivity index (χ1v) is 8.60. The second-order valence-corrected chi connectivity index (χ2v) is 6.46. The molecule has 0 aliphatic heterocycles. The van der Waals surface area contributed by atoms with Crippen molar-refractivity contribution >= 4 is 11.8 Å². The molecule has 7 heteroatoms. The van der Waals surface area contributed by atoms with Crippen molar-refractivity contribution < 1.29 is 9.90 Å². The molecule has 0 atom stereocenters. The number of hydrogen-bond donors (Lipinski definition) is 1. The molecule has 2 aromatic rings. The zero-order valence-corrected chi connectivity index (χ0v) is 14.7. The molecular formula is C18H22N5O2-. The summed E-state index contributed by atoms with van der Waals surface area (Å²) in [7, 11) is 0. The van der Waals surface area contributed by atoms with Crippen LogP contribution in [0, 0.1) is 0 Å². The number of benzene rings is 1. The smallest absolute Gasteiger partial charge is 0.274 e. The minimum Gasteiger partial charge on any atom is -0.858 e. The van der Waals surface area contributed by atoms with Gasteiger partial charge in [-0.05, 0) is 49.3 Å². The molecular weight excluding hydrogens is 318 g/mol. The molecule has 1 aliphatic rings. The molecule has 1 N–H and O–H groups in total. The molecule has 0 spiro atoms. The van der Waals surface area contributed by atoms with E-state index >= 15 is 0 Å². The summed E-state index contributed by atoms with van der Waals surface area (Å²) >= 11 is 0. The van der Waals surface area contributed by atoms with Crippen LogP contribution >= 0.6 is 0 Å². The van der Waals surface area contributed by atoms with E-state index in [2.05, 4.69) is 20.6 Å². The molecule has 0 bridgehead atoms. The molecule has 132 valence electrons. The highest BCUT2D eigenvalue weighted by atomic mass is 16.3. The third-order valence-electron chi connectivity index (χ3n) is 4.04. The zero-order valence-electron chi connectivity index (χ0n) is 14.7. The maximum absolute atomic E-state index is 12.4. The summed E-state index contributed by atoms with van der Waals surface area (Å²) in [6.07, 6.45) is 2.05. The second-order valence-electron chi connectivity index (χ2n) is 6.46. The monoisotopic (exact) mass is 340 g/mol. The van der Waals surface area contributed by atoms with Gasteiger partial charge < -0.3 is 15.4 Å². The maximum Gasteiger partial charge on any atom is 0.274 e. The molecule has 1 heterocycles. The summed E-state index contributed by atoms with van der Waals surface area (Å²) in [5, 5.41) is 23.0. The molecule has 0 radical (unpaired) electrons. The second kappa shape index (κ2) is 7.04. The van der Waals surface area contributed by atoms with E-state index in [1.54, 1.807) is 28.9 Å². The Kier molecular flexibility index (Phi) is 4.83. The lowest BCUT2D eigenvalue weighted by Crippen LogP contribution is -2.27. The fourth-order valence-corrected chi connectivity index (χ4v) is 2.62. The lowest BCUT2D eigenvalue weighted by Gasteiger charge is -2.13. The van der Waals surface area contributed by atoms with Gasteiger partial charge >= 0.3 is 0 Å². The molecule has 1 aromatic carbocycles. The zero-order chi connectivity index (χ0) is 18.0. The third kappa shape index (κ3) is 3.70. The Morgan fingerprint density at radius 3 is 2.60 bits per heavy atom. The fraction of sp³-hybridized carbons (Fsp3) is 0.444. The van der Waals surface area contributed by atoms with Crippen molar-refractivity contribution in [3.8, 4) is 5.69 Å². The largest absolute Gasteiger partial charge is 0.858 e. The van der Waals surface area contributed by atoms with Crippen LogP contribution in [0.4, 0.5) is 0 Å². The van der Waals surface area contributed by atoms with Crippen LogP contribution in [0.15, 0.2) is 29.3 Å². The summed E-state index contributed by atoms with van der Waals surface area (Å²) in [5.41, 5.74) is 2.41. The number of aromatic nitrogens is 3. The highest BCUT2D eigenvalue weighted by molar-refractivity contribution is 5.94. The van der Waals surface area contributed by atoms with Crippen molar-refractivity contribution in [1.82, 2.24) is 20.3 Å². The van der Waals surface area contributed by atoms with E-state index < -0.39 is 0 Å². The Balaban J connectivity index is 1.92. The van der Waals surface area contributed by atoms with Crippen LogP contribution in [-0.4, -0.2) is 39.4 Å². The molecule has 25 heavy (non-hydrogen) atoms. The van der Waals surface area contributed by atoms with Gasteiger partial charge in [0.05, 0.1) is 11.4 Å². The number of nitrogens with one attached hydrogen (secondary N) is 1. The average molecular weight is 340 g/mol. The van der Waals surface area contributed by atoms with Crippen LogP contribution in [0.3, 0.4) is 0 Å². The first-order valence-electron chi connectivity index (χ1n) is 8.60. The van der Waals surface area contributed by atoms with E-state index in [0.29, 0.717) is 17.8 Å². The normalized spacial score (nSPS) is 14.8. The molecule has 1 saturated carbocycles. The van der Waals surface area contributed by atoms with Gasteiger partial charge in [0, 0.05) is 12.6 Å². The van der Waals surface area contributed by atoms with Crippen LogP contribution in [0.2, 0.25) is 0 Å². The van der Waals surface area contributed by atoms with E-state index in [9.17, 15) is 9.90 Å². The van der Waals surface area contributed by atoms with Crippen molar-refractivity contribution in [2.24, 2.45) is 4.99 Å². The number of rotatable bonds is 6. The van der Waals surface area contributed by atoms with Gasteiger partial charge in [-0.1, -0.05) is 31.2 Å². The minimum atomic E-state index is -0.235. The Labute approximate surface area is 146 Å². The SMILES string of the molecule is CCN=C([O-])c1ccc(-n2nnc(C(=O)NC3CC3)c2C(C)C)cc1. The maximum atomic E-state index is 12.4. The van der Waals surface area contributed by atoms with Gasteiger partial charge in [-0.2, -0.15) is 0 Å². The summed E-state index contributed by atoms with van der Waals surface area (Å²) in [4.78, 5) is 16.3. The lowest BCUT2D eigenvalue weighted by molar-refractivity contribution is -0.213. The van der Waals surface area contributed by atoms with Crippen LogP contribution in [0.1, 0.15) is 61.3 Å². The van der Waals surface area contributed by atoms with Crippen LogP contribution in [0.25, 0.3) is 5.69 Å². The Hall–Kier alpha value is -2.70. The van der Waals surface area contributed by atoms with Gasteiger partial charge in [-0.15, -0.1) is 5.10 Å². The van der Waals surface area contributed by atoms with Crippen molar-refractivity contribution in [1.29, 1.82) is 0 Å². The minimum absolute atomic E-state index is 0.0753. The molecule has 7 nitrogen and oxygen atoms in total. The molecule has 1 amide bonds. The van der Waals surface area contributed by atoms with Crippen LogP contribution in [-0.2, 0) is 0 Å². The average Bonchev–Trinajstić information content (AvgIpc) is 3.28.